The van der Waals surface area contributed by atoms with E-state index in [1.165, 1.54) is 11.6 Å². The third-order valence-corrected chi connectivity index (χ3v) is 4.48. The Morgan fingerprint density at radius 3 is 2.68 bits per heavy atom. The Bertz CT molecular complexity index is 979. The van der Waals surface area contributed by atoms with Crippen LogP contribution in [0.1, 0.15) is 22.3 Å². The van der Waals surface area contributed by atoms with E-state index in [-0.39, 0.29) is 12.4 Å². The number of carbonyl (C=O) groups excluding carboxylic acids is 1. The molecule has 4 rings (SSSR count). The second-order valence-electron chi connectivity index (χ2n) is 6.24. The summed E-state index contributed by atoms with van der Waals surface area (Å²) in [7, 11) is 1.47. The smallest absolute Gasteiger partial charge is 0.338 e. The molecule has 3 aromatic rings. The van der Waals surface area contributed by atoms with Crippen LogP contribution in [-0.2, 0) is 9.47 Å². The van der Waals surface area contributed by atoms with Crippen molar-refractivity contribution in [1.29, 1.82) is 0 Å². The lowest BCUT2D eigenvalue weighted by Gasteiger charge is -2.14. The molecule has 10 heteroatoms. The molecule has 4 atom stereocenters. The first-order valence-corrected chi connectivity index (χ1v) is 8.58. The summed E-state index contributed by atoms with van der Waals surface area (Å²) >= 11 is 0. The molecule has 2 N–H and O–H groups in total. The summed E-state index contributed by atoms with van der Waals surface area (Å²) in [5, 5.41) is 32.9. The quantitative estimate of drug-likeness (QED) is 0.589. The van der Waals surface area contributed by atoms with Crippen molar-refractivity contribution in [2.75, 3.05) is 13.7 Å². The molecule has 1 aromatic carbocycles. The predicted molar refractivity (Wildman–Crippen MR) is 93.7 cm³/mol. The van der Waals surface area contributed by atoms with Gasteiger partial charge in [-0.15, -0.1) is 15.3 Å². The van der Waals surface area contributed by atoms with Gasteiger partial charge in [-0.05, 0) is 18.2 Å². The Morgan fingerprint density at radius 2 is 1.93 bits per heavy atom. The summed E-state index contributed by atoms with van der Waals surface area (Å²) in [6.07, 6.45) is -4.48. The van der Waals surface area contributed by atoms with Crippen LogP contribution >= 0.6 is 0 Å². The summed E-state index contributed by atoms with van der Waals surface area (Å²) in [4.78, 5) is 12.1. The minimum atomic E-state index is -1.29. The van der Waals surface area contributed by atoms with Gasteiger partial charge in [0.1, 0.15) is 31.0 Å². The largest absolute Gasteiger partial charge is 0.480 e. The SMILES string of the molecule is COc1ccc2nnc([C@@H]3O[C@H](COC(=O)c4ccccc4)[C@@H](O)[C@H]3O)n2n1. The van der Waals surface area contributed by atoms with E-state index in [9.17, 15) is 15.0 Å². The van der Waals surface area contributed by atoms with Gasteiger partial charge in [0.15, 0.2) is 11.5 Å². The van der Waals surface area contributed by atoms with Gasteiger partial charge in [0.2, 0.25) is 5.88 Å². The number of hydrogen-bond acceptors (Lipinski definition) is 9. The number of methoxy groups -OCH3 is 1. The van der Waals surface area contributed by atoms with Gasteiger partial charge in [-0.1, -0.05) is 18.2 Å². The van der Waals surface area contributed by atoms with Crippen molar-refractivity contribution in [1.82, 2.24) is 19.8 Å². The number of benzene rings is 1. The molecular weight excluding hydrogens is 368 g/mol. The normalized spacial score (nSPS) is 24.4. The number of ether oxygens (including phenoxy) is 3. The van der Waals surface area contributed by atoms with Gasteiger partial charge in [-0.3, -0.25) is 0 Å². The van der Waals surface area contributed by atoms with Crippen molar-refractivity contribution in [3.05, 3.63) is 53.9 Å². The van der Waals surface area contributed by atoms with E-state index >= 15 is 0 Å². The summed E-state index contributed by atoms with van der Waals surface area (Å²) in [5.41, 5.74) is 0.812. The first kappa shape index (κ1) is 18.3. The van der Waals surface area contributed by atoms with E-state index in [0.717, 1.165) is 0 Å². The number of esters is 1. The molecule has 0 bridgehead atoms. The van der Waals surface area contributed by atoms with Crippen LogP contribution < -0.4 is 4.74 Å². The number of aromatic nitrogens is 4. The Hall–Kier alpha value is -3.08. The average Bonchev–Trinajstić information content (AvgIpc) is 3.27. The van der Waals surface area contributed by atoms with Gasteiger partial charge in [0, 0.05) is 6.07 Å². The van der Waals surface area contributed by atoms with Gasteiger partial charge in [0.25, 0.3) is 0 Å². The molecule has 0 saturated carbocycles. The molecule has 2 aromatic heterocycles. The molecule has 28 heavy (non-hydrogen) atoms. The van der Waals surface area contributed by atoms with E-state index < -0.39 is 30.4 Å². The van der Waals surface area contributed by atoms with Crippen LogP contribution in [0.25, 0.3) is 5.65 Å². The van der Waals surface area contributed by atoms with Crippen LogP contribution in [0.3, 0.4) is 0 Å². The van der Waals surface area contributed by atoms with Crippen molar-refractivity contribution >= 4 is 11.6 Å². The first-order chi connectivity index (χ1) is 13.6. The van der Waals surface area contributed by atoms with Crippen LogP contribution in [0.2, 0.25) is 0 Å². The molecule has 0 aliphatic carbocycles. The van der Waals surface area contributed by atoms with Crippen LogP contribution in [0.5, 0.6) is 5.88 Å². The molecule has 0 radical (unpaired) electrons. The molecule has 0 spiro atoms. The van der Waals surface area contributed by atoms with Crippen molar-refractivity contribution in [2.24, 2.45) is 0 Å². The second kappa shape index (κ2) is 7.50. The molecule has 1 aliphatic heterocycles. The number of hydrogen-bond donors (Lipinski definition) is 2. The summed E-state index contributed by atoms with van der Waals surface area (Å²) < 4.78 is 17.4. The van der Waals surface area contributed by atoms with Gasteiger partial charge in [-0.2, -0.15) is 4.52 Å². The number of aliphatic hydroxyl groups excluding tert-OH is 2. The van der Waals surface area contributed by atoms with Crippen molar-refractivity contribution < 1.29 is 29.2 Å². The Labute approximate surface area is 159 Å². The molecule has 10 nitrogen and oxygen atoms in total. The van der Waals surface area contributed by atoms with E-state index in [1.54, 1.807) is 42.5 Å². The number of carbonyl (C=O) groups is 1. The molecule has 1 saturated heterocycles. The van der Waals surface area contributed by atoms with E-state index in [4.69, 9.17) is 14.2 Å². The highest BCUT2D eigenvalue weighted by Crippen LogP contribution is 2.33. The van der Waals surface area contributed by atoms with Crippen molar-refractivity contribution in [3.63, 3.8) is 0 Å². The van der Waals surface area contributed by atoms with Crippen molar-refractivity contribution in [2.45, 2.75) is 24.4 Å². The molecule has 0 amide bonds. The first-order valence-electron chi connectivity index (χ1n) is 8.58. The Kier molecular flexibility index (Phi) is 4.90. The molecule has 3 heterocycles. The van der Waals surface area contributed by atoms with Crippen LogP contribution in [0.15, 0.2) is 42.5 Å². The summed E-state index contributed by atoms with van der Waals surface area (Å²) in [6, 6.07) is 11.7. The molecule has 1 aliphatic rings. The number of aliphatic hydroxyl groups is 2. The highest BCUT2D eigenvalue weighted by Gasteiger charge is 2.46. The fourth-order valence-electron chi connectivity index (χ4n) is 2.99. The van der Waals surface area contributed by atoms with Crippen LogP contribution in [0.4, 0.5) is 0 Å². The number of nitrogens with zero attached hydrogens (tertiary/aromatic N) is 4. The third kappa shape index (κ3) is 3.28. The molecule has 146 valence electrons. The lowest BCUT2D eigenvalue weighted by Crippen LogP contribution is -2.34. The number of fused-ring (bicyclic) bond motifs is 1. The van der Waals surface area contributed by atoms with Gasteiger partial charge < -0.3 is 24.4 Å². The van der Waals surface area contributed by atoms with E-state index in [1.807, 2.05) is 0 Å². The third-order valence-electron chi connectivity index (χ3n) is 4.48. The molecule has 1 fully saturated rings. The monoisotopic (exact) mass is 386 g/mol. The highest BCUT2D eigenvalue weighted by molar-refractivity contribution is 5.89. The topological polar surface area (TPSA) is 128 Å². The minimum Gasteiger partial charge on any atom is -0.480 e. The average molecular weight is 386 g/mol. The Morgan fingerprint density at radius 1 is 1.14 bits per heavy atom. The van der Waals surface area contributed by atoms with Crippen molar-refractivity contribution in [3.8, 4) is 5.88 Å². The van der Waals surface area contributed by atoms with Gasteiger partial charge in [-0.25, -0.2) is 4.79 Å². The second-order valence-corrected chi connectivity index (χ2v) is 6.24. The zero-order chi connectivity index (χ0) is 19.7. The minimum absolute atomic E-state index is 0.206. The number of rotatable bonds is 5. The maximum Gasteiger partial charge on any atom is 0.338 e. The summed E-state index contributed by atoms with van der Waals surface area (Å²) in [6.45, 7) is -0.226. The fourth-order valence-corrected chi connectivity index (χ4v) is 2.99. The Balaban J connectivity index is 1.50. The van der Waals surface area contributed by atoms with Gasteiger partial charge >= 0.3 is 5.97 Å². The summed E-state index contributed by atoms with van der Waals surface area (Å²) in [5.74, 6) is -0.0130. The zero-order valence-electron chi connectivity index (χ0n) is 14.9. The van der Waals surface area contributed by atoms with Crippen LogP contribution in [0, 0.1) is 0 Å². The highest BCUT2D eigenvalue weighted by atomic mass is 16.6. The fraction of sp³-hybridized carbons (Fsp3) is 0.333. The maximum absolute atomic E-state index is 12.1. The predicted octanol–water partition coefficient (Wildman–Crippen LogP) is 0.152. The van der Waals surface area contributed by atoms with E-state index in [0.29, 0.717) is 17.1 Å². The van der Waals surface area contributed by atoms with E-state index in [2.05, 4.69) is 15.3 Å². The molecular formula is C18H18N4O6. The van der Waals surface area contributed by atoms with Crippen LogP contribution in [-0.4, -0.2) is 68.0 Å². The molecule has 0 unspecified atom stereocenters. The standard InChI is InChI=1S/C18H18N4O6/c1-26-13-8-7-12-19-20-17(22(12)21-13)16-15(24)14(23)11(28-16)9-27-18(25)10-5-3-2-4-6-10/h2-8,11,14-16,23-24H,9H2,1H3/t11-,14-,15-,16-/m1/s1. The van der Waals surface area contributed by atoms with Gasteiger partial charge in [0.05, 0.1) is 12.7 Å². The maximum atomic E-state index is 12.1. The lowest BCUT2D eigenvalue weighted by molar-refractivity contribution is -0.0364. The lowest BCUT2D eigenvalue weighted by atomic mass is 10.1. The zero-order valence-corrected chi connectivity index (χ0v) is 14.9.